The number of methoxy groups -OCH3 is 1. The molecule has 6 heteroatoms. The van der Waals surface area contributed by atoms with Crippen LogP contribution in [0.5, 0.6) is 5.75 Å². The highest BCUT2D eigenvalue weighted by Gasteiger charge is 2.28. The van der Waals surface area contributed by atoms with Crippen molar-refractivity contribution in [3.8, 4) is 17.2 Å². The fraction of sp³-hybridized carbons (Fsp3) is 0.214. The molecule has 0 unspecified atom stereocenters. The van der Waals surface area contributed by atoms with Gasteiger partial charge in [-0.05, 0) is 24.3 Å². The van der Waals surface area contributed by atoms with Crippen LogP contribution in [0.25, 0.3) is 17.0 Å². The van der Waals surface area contributed by atoms with Gasteiger partial charge in [0.25, 0.3) is 5.89 Å². The van der Waals surface area contributed by atoms with E-state index in [1.54, 1.807) is 31.4 Å². The number of carbonyl (C=O) groups excluding carboxylic acids is 1. The Morgan fingerprint density at radius 3 is 2.45 bits per heavy atom. The molecule has 20 heavy (non-hydrogen) atoms. The number of aromatic nitrogens is 2. The van der Waals surface area contributed by atoms with Crippen molar-refractivity contribution in [1.29, 1.82) is 0 Å². The van der Waals surface area contributed by atoms with E-state index in [-0.39, 0.29) is 29.4 Å². The average Bonchev–Trinajstić information content (AvgIpc) is 3.06. The lowest BCUT2D eigenvalue weighted by molar-refractivity contribution is -0.113. The highest BCUT2D eigenvalue weighted by molar-refractivity contribution is 6.22. The first kappa shape index (κ1) is 12.4. The Kier molecular flexibility index (Phi) is 2.98. The van der Waals surface area contributed by atoms with E-state index in [0.717, 1.165) is 11.3 Å². The number of aliphatic hydroxyl groups excluding tert-OH is 1. The van der Waals surface area contributed by atoms with Crippen molar-refractivity contribution < 1.29 is 19.1 Å². The van der Waals surface area contributed by atoms with E-state index in [4.69, 9.17) is 9.15 Å². The Hall–Kier alpha value is -2.63. The minimum absolute atomic E-state index is 0.0138. The third kappa shape index (κ3) is 2.05. The second-order valence-corrected chi connectivity index (χ2v) is 4.39. The largest absolute Gasteiger partial charge is 0.511 e. The number of rotatable bonds is 3. The van der Waals surface area contributed by atoms with Gasteiger partial charge in [0.2, 0.25) is 5.89 Å². The van der Waals surface area contributed by atoms with Crippen molar-refractivity contribution in [1.82, 2.24) is 10.2 Å². The number of aliphatic hydroxyl groups is 1. The number of ether oxygens (including phenoxy) is 1. The van der Waals surface area contributed by atoms with Gasteiger partial charge in [-0.2, -0.15) is 0 Å². The molecular weight excluding hydrogens is 260 g/mol. The highest BCUT2D eigenvalue weighted by atomic mass is 16.5. The quantitative estimate of drug-likeness (QED) is 0.923. The Bertz CT molecular complexity index is 685. The first-order chi connectivity index (χ1) is 9.69. The summed E-state index contributed by atoms with van der Waals surface area (Å²) in [7, 11) is 1.58. The molecule has 0 aliphatic heterocycles. The van der Waals surface area contributed by atoms with Gasteiger partial charge >= 0.3 is 0 Å². The monoisotopic (exact) mass is 272 g/mol. The summed E-state index contributed by atoms with van der Waals surface area (Å²) in [6, 6.07) is 7.11. The predicted octanol–water partition coefficient (Wildman–Crippen LogP) is 2.38. The van der Waals surface area contributed by atoms with Crippen molar-refractivity contribution in [3.63, 3.8) is 0 Å². The van der Waals surface area contributed by atoms with Gasteiger partial charge in [0.05, 0.1) is 7.11 Å². The molecule has 1 aromatic carbocycles. The van der Waals surface area contributed by atoms with E-state index in [0.29, 0.717) is 12.3 Å². The zero-order valence-corrected chi connectivity index (χ0v) is 10.8. The molecule has 2 aromatic rings. The SMILES string of the molecule is COc1ccc(-c2nnc(C3=C(O)CCC3=O)o2)cc1. The number of hydrogen-bond donors (Lipinski definition) is 1. The minimum Gasteiger partial charge on any atom is -0.511 e. The molecule has 0 fully saturated rings. The molecule has 0 amide bonds. The van der Waals surface area contributed by atoms with Crippen molar-refractivity contribution in [2.75, 3.05) is 7.11 Å². The summed E-state index contributed by atoms with van der Waals surface area (Å²) in [4.78, 5) is 11.7. The van der Waals surface area contributed by atoms with Crippen LogP contribution in [0.2, 0.25) is 0 Å². The summed E-state index contributed by atoms with van der Waals surface area (Å²) < 4.78 is 10.5. The molecule has 1 N–H and O–H groups in total. The first-order valence-corrected chi connectivity index (χ1v) is 6.12. The molecule has 0 saturated carbocycles. The lowest BCUT2D eigenvalue weighted by atomic mass is 10.2. The topological polar surface area (TPSA) is 85.5 Å². The Morgan fingerprint density at radius 2 is 1.85 bits per heavy atom. The average molecular weight is 272 g/mol. The van der Waals surface area contributed by atoms with Crippen LogP contribution in [0.3, 0.4) is 0 Å². The van der Waals surface area contributed by atoms with Gasteiger partial charge in [-0.25, -0.2) is 0 Å². The molecule has 1 aliphatic rings. The van der Waals surface area contributed by atoms with Crippen LogP contribution >= 0.6 is 0 Å². The van der Waals surface area contributed by atoms with Crippen LogP contribution in [0.4, 0.5) is 0 Å². The number of allylic oxidation sites excluding steroid dienone is 2. The lowest BCUT2D eigenvalue weighted by Gasteiger charge is -1.99. The van der Waals surface area contributed by atoms with Crippen LogP contribution in [0.15, 0.2) is 34.4 Å². The molecule has 0 spiro atoms. The molecule has 1 aliphatic carbocycles. The van der Waals surface area contributed by atoms with E-state index < -0.39 is 0 Å². The zero-order chi connectivity index (χ0) is 14.1. The maximum atomic E-state index is 11.7. The van der Waals surface area contributed by atoms with Gasteiger partial charge in [0.15, 0.2) is 5.78 Å². The number of carbonyl (C=O) groups is 1. The predicted molar refractivity (Wildman–Crippen MR) is 70.1 cm³/mol. The number of hydrogen-bond acceptors (Lipinski definition) is 6. The lowest BCUT2D eigenvalue weighted by Crippen LogP contribution is -1.96. The van der Waals surface area contributed by atoms with Gasteiger partial charge in [-0.3, -0.25) is 4.79 Å². The van der Waals surface area contributed by atoms with E-state index in [2.05, 4.69) is 10.2 Å². The first-order valence-electron chi connectivity index (χ1n) is 6.12. The smallest absolute Gasteiger partial charge is 0.255 e. The Labute approximate surface area is 114 Å². The summed E-state index contributed by atoms with van der Waals surface area (Å²) in [5.74, 6) is 0.922. The second-order valence-electron chi connectivity index (χ2n) is 4.39. The molecule has 0 radical (unpaired) electrons. The standard InChI is InChI=1S/C14H12N2O4/c1-19-9-4-2-8(3-5-9)13-15-16-14(20-13)12-10(17)6-7-11(12)18/h2-5,17H,6-7H2,1H3. The van der Waals surface area contributed by atoms with Crippen molar-refractivity contribution >= 4 is 11.4 Å². The van der Waals surface area contributed by atoms with Gasteiger partial charge in [-0.1, -0.05) is 0 Å². The van der Waals surface area contributed by atoms with Crippen LogP contribution in [0.1, 0.15) is 18.7 Å². The molecule has 0 saturated heterocycles. The Balaban J connectivity index is 1.94. The molecule has 102 valence electrons. The van der Waals surface area contributed by atoms with E-state index in [1.165, 1.54) is 0 Å². The highest BCUT2D eigenvalue weighted by Crippen LogP contribution is 2.30. The van der Waals surface area contributed by atoms with E-state index in [1.807, 2.05) is 0 Å². The Morgan fingerprint density at radius 1 is 1.15 bits per heavy atom. The fourth-order valence-corrected chi connectivity index (χ4v) is 2.06. The van der Waals surface area contributed by atoms with E-state index in [9.17, 15) is 9.90 Å². The fourth-order valence-electron chi connectivity index (χ4n) is 2.06. The normalized spacial score (nSPS) is 14.9. The third-order valence-electron chi connectivity index (χ3n) is 3.13. The molecule has 1 aromatic heterocycles. The maximum Gasteiger partial charge on any atom is 0.255 e. The number of ketones is 1. The van der Waals surface area contributed by atoms with Crippen LogP contribution in [-0.2, 0) is 4.79 Å². The van der Waals surface area contributed by atoms with Crippen LogP contribution < -0.4 is 4.74 Å². The summed E-state index contributed by atoms with van der Waals surface area (Å²) in [5.41, 5.74) is 0.854. The van der Waals surface area contributed by atoms with Crippen molar-refractivity contribution in [2.24, 2.45) is 0 Å². The van der Waals surface area contributed by atoms with Gasteiger partial charge in [0.1, 0.15) is 17.1 Å². The third-order valence-corrected chi connectivity index (χ3v) is 3.13. The summed E-state index contributed by atoms with van der Waals surface area (Å²) in [6.07, 6.45) is 0.607. The summed E-state index contributed by atoms with van der Waals surface area (Å²) in [6.45, 7) is 0. The number of nitrogens with zero attached hydrogens (tertiary/aromatic N) is 2. The molecular formula is C14H12N2O4. The molecule has 0 atom stereocenters. The van der Waals surface area contributed by atoms with Gasteiger partial charge < -0.3 is 14.3 Å². The van der Waals surface area contributed by atoms with Crippen LogP contribution in [-0.4, -0.2) is 28.2 Å². The molecule has 0 bridgehead atoms. The zero-order valence-electron chi connectivity index (χ0n) is 10.8. The number of Topliss-reactive ketones (excluding diaryl/α,β-unsaturated/α-hetero) is 1. The number of benzene rings is 1. The molecule has 6 nitrogen and oxygen atoms in total. The van der Waals surface area contributed by atoms with Crippen molar-refractivity contribution in [2.45, 2.75) is 12.8 Å². The maximum absolute atomic E-state index is 11.7. The minimum atomic E-state index is -0.174. The second kappa shape index (κ2) is 4.80. The molecule has 3 rings (SSSR count). The van der Waals surface area contributed by atoms with Gasteiger partial charge in [0, 0.05) is 18.4 Å². The molecule has 1 heterocycles. The van der Waals surface area contributed by atoms with E-state index >= 15 is 0 Å². The van der Waals surface area contributed by atoms with Gasteiger partial charge in [-0.15, -0.1) is 10.2 Å². The summed E-state index contributed by atoms with van der Waals surface area (Å²) >= 11 is 0. The van der Waals surface area contributed by atoms with Crippen LogP contribution in [0, 0.1) is 0 Å². The summed E-state index contributed by atoms with van der Waals surface area (Å²) in [5, 5.41) is 17.4. The van der Waals surface area contributed by atoms with Crippen molar-refractivity contribution in [3.05, 3.63) is 35.9 Å².